The van der Waals surface area contributed by atoms with E-state index >= 15 is 0 Å². The fraction of sp³-hybridized carbons (Fsp3) is 0.0588. The number of nitrogens with zero attached hydrogens (tertiary/aromatic N) is 1. The van der Waals surface area contributed by atoms with Gasteiger partial charge in [0.05, 0.1) is 16.6 Å². The van der Waals surface area contributed by atoms with Crippen LogP contribution >= 0.6 is 0 Å². The molecule has 0 saturated carbocycles. The number of para-hydroxylation sites is 3. The molecule has 2 aromatic heterocycles. The standard InChI is InChI=1S/C51H36N2/c1-51(2)45-21-6-3-16-39(45)40-26-24-35(30-46(40)51)33-13-9-12-32(28-33)34-14-10-15-36(29-34)38-19-11-20-43-44-31-37(25-27-47(44)52-50(38)43)53-48-22-7-4-17-41(48)42-18-5-8-23-49(42)53/h3-31,52H,1-2H3. The first kappa shape index (κ1) is 30.0. The van der Waals surface area contributed by atoms with E-state index in [2.05, 4.69) is 199 Å². The van der Waals surface area contributed by atoms with E-state index in [0.717, 1.165) is 11.0 Å². The lowest BCUT2D eigenvalue weighted by Gasteiger charge is -2.22. The summed E-state index contributed by atoms with van der Waals surface area (Å²) in [5, 5.41) is 5.01. The average molecular weight is 677 g/mol. The highest BCUT2D eigenvalue weighted by Gasteiger charge is 2.35. The summed E-state index contributed by atoms with van der Waals surface area (Å²) in [5.74, 6) is 0. The maximum Gasteiger partial charge on any atom is 0.0544 e. The number of aromatic nitrogens is 2. The van der Waals surface area contributed by atoms with Gasteiger partial charge in [0, 0.05) is 43.7 Å². The summed E-state index contributed by atoms with van der Waals surface area (Å²) < 4.78 is 2.40. The third-order valence-corrected chi connectivity index (χ3v) is 11.7. The van der Waals surface area contributed by atoms with Crippen LogP contribution in [0.3, 0.4) is 0 Å². The Labute approximate surface area is 308 Å². The molecule has 10 aromatic rings. The maximum atomic E-state index is 3.81. The van der Waals surface area contributed by atoms with Crippen molar-refractivity contribution >= 4 is 43.6 Å². The molecule has 0 atom stereocenters. The molecule has 1 N–H and O–H groups in total. The highest BCUT2D eigenvalue weighted by molar-refractivity contribution is 6.13. The number of benzene rings is 8. The van der Waals surface area contributed by atoms with E-state index in [1.54, 1.807) is 0 Å². The second kappa shape index (κ2) is 11.2. The number of H-pyrrole nitrogens is 1. The van der Waals surface area contributed by atoms with Crippen LogP contribution < -0.4 is 0 Å². The van der Waals surface area contributed by atoms with Gasteiger partial charge in [0.2, 0.25) is 0 Å². The first-order valence-corrected chi connectivity index (χ1v) is 18.5. The lowest BCUT2D eigenvalue weighted by atomic mass is 9.81. The molecule has 250 valence electrons. The Morgan fingerprint density at radius 1 is 0.396 bits per heavy atom. The van der Waals surface area contributed by atoms with Crippen LogP contribution in [0.5, 0.6) is 0 Å². The zero-order valence-electron chi connectivity index (χ0n) is 29.7. The summed E-state index contributed by atoms with van der Waals surface area (Å²) in [6.45, 7) is 4.70. The molecule has 53 heavy (non-hydrogen) atoms. The van der Waals surface area contributed by atoms with Gasteiger partial charge in [-0.25, -0.2) is 0 Å². The van der Waals surface area contributed by atoms with E-state index < -0.39 is 0 Å². The van der Waals surface area contributed by atoms with E-state index in [-0.39, 0.29) is 5.41 Å². The van der Waals surface area contributed by atoms with Gasteiger partial charge in [-0.05, 0) is 98.6 Å². The molecule has 11 rings (SSSR count). The highest BCUT2D eigenvalue weighted by atomic mass is 15.0. The Morgan fingerprint density at radius 3 is 1.72 bits per heavy atom. The fourth-order valence-electron chi connectivity index (χ4n) is 9.12. The zero-order chi connectivity index (χ0) is 35.3. The molecule has 0 amide bonds. The second-order valence-corrected chi connectivity index (χ2v) is 15.0. The molecule has 1 aliphatic rings. The Morgan fingerprint density at radius 2 is 0.962 bits per heavy atom. The molecular formula is C51H36N2. The number of nitrogens with one attached hydrogen (secondary N) is 1. The summed E-state index contributed by atoms with van der Waals surface area (Å²) in [6.07, 6.45) is 0. The summed E-state index contributed by atoms with van der Waals surface area (Å²) in [4.78, 5) is 3.81. The molecule has 2 heteroatoms. The third-order valence-electron chi connectivity index (χ3n) is 11.7. The predicted molar refractivity (Wildman–Crippen MR) is 224 cm³/mol. The summed E-state index contributed by atoms with van der Waals surface area (Å²) >= 11 is 0. The molecule has 0 bridgehead atoms. The first-order chi connectivity index (χ1) is 26.0. The largest absolute Gasteiger partial charge is 0.354 e. The van der Waals surface area contributed by atoms with Crippen molar-refractivity contribution < 1.29 is 0 Å². The monoisotopic (exact) mass is 676 g/mol. The number of hydrogen-bond donors (Lipinski definition) is 1. The van der Waals surface area contributed by atoms with Gasteiger partial charge >= 0.3 is 0 Å². The van der Waals surface area contributed by atoms with Gasteiger partial charge in [0.15, 0.2) is 0 Å². The number of rotatable bonds is 4. The van der Waals surface area contributed by atoms with Crippen LogP contribution in [-0.4, -0.2) is 9.55 Å². The van der Waals surface area contributed by atoms with Gasteiger partial charge in [0.25, 0.3) is 0 Å². The van der Waals surface area contributed by atoms with Crippen molar-refractivity contribution in [3.63, 3.8) is 0 Å². The molecule has 2 nitrogen and oxygen atoms in total. The van der Waals surface area contributed by atoms with Crippen molar-refractivity contribution in [3.8, 4) is 50.2 Å². The number of hydrogen-bond acceptors (Lipinski definition) is 0. The van der Waals surface area contributed by atoms with E-state index in [4.69, 9.17) is 0 Å². The summed E-state index contributed by atoms with van der Waals surface area (Å²) in [6, 6.07) is 64.8. The van der Waals surface area contributed by atoms with Gasteiger partial charge in [-0.2, -0.15) is 0 Å². The van der Waals surface area contributed by atoms with Crippen LogP contribution in [0.25, 0.3) is 93.8 Å². The van der Waals surface area contributed by atoms with Gasteiger partial charge in [-0.3, -0.25) is 0 Å². The lowest BCUT2D eigenvalue weighted by molar-refractivity contribution is 0.660. The summed E-state index contributed by atoms with van der Waals surface area (Å²) in [5.41, 5.74) is 18.7. The zero-order valence-corrected chi connectivity index (χ0v) is 29.7. The van der Waals surface area contributed by atoms with Crippen LogP contribution in [0.15, 0.2) is 176 Å². The Kier molecular flexibility index (Phi) is 6.33. The smallest absolute Gasteiger partial charge is 0.0544 e. The quantitative estimate of drug-likeness (QED) is 0.192. The Balaban J connectivity index is 0.983. The number of aromatic amines is 1. The molecule has 0 saturated heterocycles. The maximum absolute atomic E-state index is 3.81. The Hall–Kier alpha value is -6.64. The van der Waals surface area contributed by atoms with E-state index in [1.807, 2.05) is 0 Å². The van der Waals surface area contributed by atoms with Gasteiger partial charge in [-0.1, -0.05) is 141 Å². The topological polar surface area (TPSA) is 20.7 Å². The lowest BCUT2D eigenvalue weighted by Crippen LogP contribution is -2.14. The van der Waals surface area contributed by atoms with Crippen LogP contribution in [-0.2, 0) is 5.41 Å². The molecule has 0 unspecified atom stereocenters. The van der Waals surface area contributed by atoms with E-state index in [9.17, 15) is 0 Å². The van der Waals surface area contributed by atoms with Crippen molar-refractivity contribution in [1.29, 1.82) is 0 Å². The summed E-state index contributed by atoms with van der Waals surface area (Å²) in [7, 11) is 0. The molecule has 8 aromatic carbocycles. The first-order valence-electron chi connectivity index (χ1n) is 18.5. The molecule has 0 spiro atoms. The van der Waals surface area contributed by atoms with Gasteiger partial charge < -0.3 is 9.55 Å². The average Bonchev–Trinajstić information content (AvgIpc) is 3.83. The molecule has 2 heterocycles. The minimum atomic E-state index is -0.0237. The van der Waals surface area contributed by atoms with Crippen LogP contribution in [0.1, 0.15) is 25.0 Å². The minimum Gasteiger partial charge on any atom is -0.354 e. The van der Waals surface area contributed by atoms with Gasteiger partial charge in [-0.15, -0.1) is 0 Å². The third kappa shape index (κ3) is 4.45. The minimum absolute atomic E-state index is 0.0237. The van der Waals surface area contributed by atoms with Crippen molar-refractivity contribution in [3.05, 3.63) is 187 Å². The molecule has 0 radical (unpaired) electrons. The van der Waals surface area contributed by atoms with Crippen molar-refractivity contribution in [2.75, 3.05) is 0 Å². The van der Waals surface area contributed by atoms with Gasteiger partial charge in [0.1, 0.15) is 0 Å². The van der Waals surface area contributed by atoms with E-state index in [1.165, 1.54) is 93.9 Å². The SMILES string of the molecule is CC1(C)c2ccccc2-c2ccc(-c3cccc(-c4cccc(-c5cccc6c5[nH]c5ccc(-n7c8ccccc8c8ccccc87)cc56)c4)c3)cc21. The highest BCUT2D eigenvalue weighted by Crippen LogP contribution is 2.49. The number of fused-ring (bicyclic) bond motifs is 9. The van der Waals surface area contributed by atoms with Crippen LogP contribution in [0.4, 0.5) is 0 Å². The van der Waals surface area contributed by atoms with Crippen LogP contribution in [0.2, 0.25) is 0 Å². The molecule has 0 fully saturated rings. The van der Waals surface area contributed by atoms with Crippen molar-refractivity contribution in [2.45, 2.75) is 19.3 Å². The van der Waals surface area contributed by atoms with E-state index in [0.29, 0.717) is 0 Å². The van der Waals surface area contributed by atoms with Crippen LogP contribution in [0, 0.1) is 0 Å². The predicted octanol–water partition coefficient (Wildman–Crippen LogP) is 13.7. The Bertz CT molecular complexity index is 3040. The second-order valence-electron chi connectivity index (χ2n) is 15.0. The molecule has 0 aliphatic heterocycles. The molecular weight excluding hydrogens is 641 g/mol. The fourth-order valence-corrected chi connectivity index (χ4v) is 9.12. The van der Waals surface area contributed by atoms with Crippen molar-refractivity contribution in [2.24, 2.45) is 0 Å². The normalized spacial score (nSPS) is 13.2. The van der Waals surface area contributed by atoms with Crippen molar-refractivity contribution in [1.82, 2.24) is 9.55 Å². The molecule has 1 aliphatic carbocycles.